The lowest BCUT2D eigenvalue weighted by atomic mass is 10.0. The van der Waals surface area contributed by atoms with Gasteiger partial charge in [-0.3, -0.25) is 0 Å². The van der Waals surface area contributed by atoms with E-state index in [0.717, 1.165) is 16.8 Å². The van der Waals surface area contributed by atoms with Gasteiger partial charge >= 0.3 is 0 Å². The van der Waals surface area contributed by atoms with Crippen molar-refractivity contribution in [3.8, 4) is 0 Å². The third-order valence-electron chi connectivity index (χ3n) is 2.50. The van der Waals surface area contributed by atoms with Crippen molar-refractivity contribution in [3.05, 3.63) is 59.7 Å². The lowest BCUT2D eigenvalue weighted by Gasteiger charge is -2.09. The lowest BCUT2D eigenvalue weighted by Crippen LogP contribution is -2.03. The summed E-state index contributed by atoms with van der Waals surface area (Å²) in [6.45, 7) is 1.88. The van der Waals surface area contributed by atoms with Crippen LogP contribution in [0.25, 0.3) is 5.57 Å². The molecule has 2 rings (SSSR count). The van der Waals surface area contributed by atoms with Gasteiger partial charge in [-0.2, -0.15) is 0 Å². The van der Waals surface area contributed by atoms with E-state index in [-0.39, 0.29) is 0 Å². The second kappa shape index (κ2) is 5.31. The van der Waals surface area contributed by atoms with Crippen LogP contribution in [0.1, 0.15) is 17.0 Å². The Bertz CT molecular complexity index is 565. The largest absolute Gasteiger partial charge is 0.504 e. The lowest BCUT2D eigenvalue weighted by molar-refractivity contribution is 0.340. The van der Waals surface area contributed by atoms with Gasteiger partial charge in [0.25, 0.3) is 0 Å². The van der Waals surface area contributed by atoms with E-state index >= 15 is 0 Å². The molecule has 4 nitrogen and oxygen atoms in total. The number of benzene rings is 1. The standard InChI is InChI=1S/C14H15N3O/c1-10-8-16-14(15)13(17-10)12(9-18-2)11-6-4-3-5-7-11/h3-9H,1-2H3,(H2,15,16). The van der Waals surface area contributed by atoms with Crippen LogP contribution in [0.5, 0.6) is 0 Å². The minimum Gasteiger partial charge on any atom is -0.504 e. The van der Waals surface area contributed by atoms with Gasteiger partial charge in [0.2, 0.25) is 0 Å². The second-order valence-electron chi connectivity index (χ2n) is 3.88. The van der Waals surface area contributed by atoms with Crippen molar-refractivity contribution in [3.63, 3.8) is 0 Å². The number of nitrogens with two attached hydrogens (primary N) is 1. The van der Waals surface area contributed by atoms with Gasteiger partial charge in [-0.25, -0.2) is 9.97 Å². The van der Waals surface area contributed by atoms with Crippen LogP contribution >= 0.6 is 0 Å². The second-order valence-corrected chi connectivity index (χ2v) is 3.88. The molecule has 0 radical (unpaired) electrons. The summed E-state index contributed by atoms with van der Waals surface area (Å²) in [4.78, 5) is 8.56. The van der Waals surface area contributed by atoms with Crippen molar-refractivity contribution < 1.29 is 4.74 Å². The van der Waals surface area contributed by atoms with Crippen LogP contribution in [0.2, 0.25) is 0 Å². The molecule has 0 aliphatic heterocycles. The van der Waals surface area contributed by atoms with E-state index in [1.54, 1.807) is 19.6 Å². The van der Waals surface area contributed by atoms with Crippen LogP contribution in [-0.2, 0) is 4.74 Å². The molecule has 0 atom stereocenters. The quantitative estimate of drug-likeness (QED) is 0.838. The molecule has 2 N–H and O–H groups in total. The molecule has 0 unspecified atom stereocenters. The minimum absolute atomic E-state index is 0.396. The molecule has 2 aromatic rings. The molecule has 0 saturated carbocycles. The third kappa shape index (κ3) is 2.48. The van der Waals surface area contributed by atoms with Gasteiger partial charge in [0.1, 0.15) is 11.5 Å². The average molecular weight is 241 g/mol. The van der Waals surface area contributed by atoms with E-state index in [1.807, 2.05) is 37.3 Å². The Balaban J connectivity index is 2.56. The number of methoxy groups -OCH3 is 1. The first kappa shape index (κ1) is 12.1. The summed E-state index contributed by atoms with van der Waals surface area (Å²) < 4.78 is 5.12. The van der Waals surface area contributed by atoms with Crippen LogP contribution in [0.4, 0.5) is 5.82 Å². The molecule has 1 heterocycles. The van der Waals surface area contributed by atoms with Crippen LogP contribution in [-0.4, -0.2) is 17.1 Å². The Hall–Kier alpha value is -2.36. The topological polar surface area (TPSA) is 61.0 Å². The fraction of sp³-hybridized carbons (Fsp3) is 0.143. The molecule has 0 bridgehead atoms. The zero-order valence-electron chi connectivity index (χ0n) is 10.4. The fourth-order valence-corrected chi connectivity index (χ4v) is 1.68. The monoisotopic (exact) mass is 241 g/mol. The SMILES string of the molecule is COC=C(c1ccccc1)c1nc(C)cnc1N. The number of rotatable bonds is 3. The summed E-state index contributed by atoms with van der Waals surface area (Å²) in [5.74, 6) is 0.396. The van der Waals surface area contributed by atoms with Crippen molar-refractivity contribution in [2.75, 3.05) is 12.8 Å². The van der Waals surface area contributed by atoms with Crippen molar-refractivity contribution in [1.82, 2.24) is 9.97 Å². The molecule has 4 heteroatoms. The number of hydrogen-bond acceptors (Lipinski definition) is 4. The van der Waals surface area contributed by atoms with E-state index in [4.69, 9.17) is 10.5 Å². The summed E-state index contributed by atoms with van der Waals surface area (Å²) >= 11 is 0. The van der Waals surface area contributed by atoms with Crippen molar-refractivity contribution in [1.29, 1.82) is 0 Å². The van der Waals surface area contributed by atoms with Gasteiger partial charge in [0.05, 0.1) is 25.3 Å². The number of aromatic nitrogens is 2. The Morgan fingerprint density at radius 2 is 2.00 bits per heavy atom. The summed E-state index contributed by atoms with van der Waals surface area (Å²) in [6.07, 6.45) is 3.28. The molecule has 0 aliphatic rings. The first-order valence-electron chi connectivity index (χ1n) is 5.60. The predicted molar refractivity (Wildman–Crippen MR) is 71.7 cm³/mol. The zero-order chi connectivity index (χ0) is 13.0. The third-order valence-corrected chi connectivity index (χ3v) is 2.50. The van der Waals surface area contributed by atoms with E-state index < -0.39 is 0 Å². The van der Waals surface area contributed by atoms with E-state index in [1.165, 1.54) is 0 Å². The van der Waals surface area contributed by atoms with Crippen LogP contribution < -0.4 is 5.73 Å². The molecule has 1 aromatic carbocycles. The summed E-state index contributed by atoms with van der Waals surface area (Å²) in [7, 11) is 1.60. The predicted octanol–water partition coefficient (Wildman–Crippen LogP) is 2.40. The Morgan fingerprint density at radius 3 is 2.67 bits per heavy atom. The maximum absolute atomic E-state index is 5.89. The Labute approximate surface area is 106 Å². The summed E-state index contributed by atoms with van der Waals surface area (Å²) in [6, 6.07) is 9.83. The summed E-state index contributed by atoms with van der Waals surface area (Å²) in [5, 5.41) is 0. The van der Waals surface area contributed by atoms with Crippen molar-refractivity contribution >= 4 is 11.4 Å². The Morgan fingerprint density at radius 1 is 1.28 bits per heavy atom. The molecule has 92 valence electrons. The number of aryl methyl sites for hydroxylation is 1. The number of anilines is 1. The molecule has 0 aliphatic carbocycles. The smallest absolute Gasteiger partial charge is 0.150 e. The fourth-order valence-electron chi connectivity index (χ4n) is 1.68. The van der Waals surface area contributed by atoms with Gasteiger partial charge in [-0.15, -0.1) is 0 Å². The highest BCUT2D eigenvalue weighted by Crippen LogP contribution is 2.25. The van der Waals surface area contributed by atoms with Crippen LogP contribution in [0, 0.1) is 6.92 Å². The highest BCUT2D eigenvalue weighted by molar-refractivity contribution is 5.81. The van der Waals surface area contributed by atoms with Gasteiger partial charge < -0.3 is 10.5 Å². The van der Waals surface area contributed by atoms with Crippen LogP contribution in [0.3, 0.4) is 0 Å². The average Bonchev–Trinajstić information content (AvgIpc) is 2.40. The maximum Gasteiger partial charge on any atom is 0.150 e. The number of hydrogen-bond donors (Lipinski definition) is 1. The first-order chi connectivity index (χ1) is 8.72. The first-order valence-corrected chi connectivity index (χ1v) is 5.60. The number of nitrogens with zero attached hydrogens (tertiary/aromatic N) is 2. The highest BCUT2D eigenvalue weighted by Gasteiger charge is 2.11. The molecule has 0 fully saturated rings. The van der Waals surface area contributed by atoms with E-state index in [0.29, 0.717) is 11.5 Å². The van der Waals surface area contributed by atoms with Gasteiger partial charge in [0, 0.05) is 5.57 Å². The zero-order valence-corrected chi connectivity index (χ0v) is 10.4. The molecule has 0 saturated heterocycles. The molecule has 0 spiro atoms. The van der Waals surface area contributed by atoms with Gasteiger partial charge in [-0.1, -0.05) is 30.3 Å². The maximum atomic E-state index is 5.89. The van der Waals surface area contributed by atoms with Gasteiger partial charge in [0.15, 0.2) is 0 Å². The molecule has 1 aromatic heterocycles. The van der Waals surface area contributed by atoms with Crippen LogP contribution in [0.15, 0.2) is 42.8 Å². The molecular formula is C14H15N3O. The Kier molecular flexibility index (Phi) is 3.57. The minimum atomic E-state index is 0.396. The normalized spacial score (nSPS) is 11.3. The number of nitrogen functional groups attached to an aromatic ring is 1. The summed E-state index contributed by atoms with van der Waals surface area (Å²) in [5.41, 5.74) is 9.16. The van der Waals surface area contributed by atoms with E-state index in [9.17, 15) is 0 Å². The number of ether oxygens (including phenoxy) is 1. The highest BCUT2D eigenvalue weighted by atomic mass is 16.5. The molecular weight excluding hydrogens is 226 g/mol. The van der Waals surface area contributed by atoms with E-state index in [2.05, 4.69) is 9.97 Å². The van der Waals surface area contributed by atoms with Crippen molar-refractivity contribution in [2.45, 2.75) is 6.92 Å². The molecule has 0 amide bonds. The van der Waals surface area contributed by atoms with Crippen molar-refractivity contribution in [2.24, 2.45) is 0 Å². The molecule has 18 heavy (non-hydrogen) atoms. The van der Waals surface area contributed by atoms with Gasteiger partial charge in [-0.05, 0) is 12.5 Å².